The van der Waals surface area contributed by atoms with Crippen LogP contribution in [0.25, 0.3) is 0 Å². The van der Waals surface area contributed by atoms with Gasteiger partial charge in [0.05, 0.1) is 5.71 Å². The molecule has 0 fully saturated rings. The van der Waals surface area contributed by atoms with Crippen molar-refractivity contribution in [3.63, 3.8) is 0 Å². The Kier molecular flexibility index (Phi) is 4.37. The Morgan fingerprint density at radius 1 is 1.27 bits per heavy atom. The summed E-state index contributed by atoms with van der Waals surface area (Å²) in [7, 11) is 0. The number of hydrogen-bond donors (Lipinski definition) is 0. The number of benzene rings is 1. The zero-order valence-corrected chi connectivity index (χ0v) is 9.80. The van der Waals surface area contributed by atoms with E-state index in [0.717, 1.165) is 5.56 Å². The molecule has 1 aromatic carbocycles. The summed E-state index contributed by atoms with van der Waals surface area (Å²) in [6.07, 6.45) is 2.02. The smallest absolute Gasteiger partial charge is 0.318 e. The average molecular weight is 223 g/mol. The first kappa shape index (κ1) is 11.8. The van der Waals surface area contributed by atoms with E-state index in [2.05, 4.69) is 9.99 Å². The van der Waals surface area contributed by atoms with Crippen LogP contribution in [0.4, 0.5) is 0 Å². The zero-order valence-electron chi connectivity index (χ0n) is 8.98. The number of thioether (sulfide) groups is 1. The van der Waals surface area contributed by atoms with Crippen molar-refractivity contribution in [3.05, 3.63) is 29.8 Å². The first-order valence-corrected chi connectivity index (χ1v) is 5.72. The van der Waals surface area contributed by atoms with Gasteiger partial charge in [0.25, 0.3) is 0 Å². The molecular weight excluding hydrogens is 210 g/mol. The van der Waals surface area contributed by atoms with Gasteiger partial charge in [0, 0.05) is 11.8 Å². The monoisotopic (exact) mass is 223 g/mol. The molecule has 0 amide bonds. The van der Waals surface area contributed by atoms with Gasteiger partial charge in [-0.15, -0.1) is 11.8 Å². The van der Waals surface area contributed by atoms with E-state index in [-0.39, 0.29) is 0 Å². The van der Waals surface area contributed by atoms with Crippen LogP contribution in [0, 0.1) is 0 Å². The molecule has 0 bridgehead atoms. The van der Waals surface area contributed by atoms with E-state index in [4.69, 9.17) is 0 Å². The lowest BCUT2D eigenvalue weighted by Crippen LogP contribution is -1.99. The molecule has 0 N–H and O–H groups in total. The predicted octanol–water partition coefficient (Wildman–Crippen LogP) is 2.70. The maximum Gasteiger partial charge on any atom is 0.331 e. The molecular formula is C11H13NO2S. The highest BCUT2D eigenvalue weighted by molar-refractivity contribution is 7.98. The normalized spacial score (nSPS) is 11.3. The molecule has 0 aliphatic rings. The van der Waals surface area contributed by atoms with Crippen LogP contribution in [0.15, 0.2) is 34.3 Å². The van der Waals surface area contributed by atoms with Crippen LogP contribution in [-0.2, 0) is 9.63 Å². The SMILES string of the molecule is CSc1ccc(/C(C)=N/OC(C)=O)cc1. The number of nitrogens with zero attached hydrogens (tertiary/aromatic N) is 1. The largest absolute Gasteiger partial charge is 0.331 e. The van der Waals surface area contributed by atoms with E-state index in [9.17, 15) is 4.79 Å². The van der Waals surface area contributed by atoms with Gasteiger partial charge >= 0.3 is 5.97 Å². The Labute approximate surface area is 93.5 Å². The Bertz CT molecular complexity index is 371. The summed E-state index contributed by atoms with van der Waals surface area (Å²) in [6, 6.07) is 7.92. The van der Waals surface area contributed by atoms with Gasteiger partial charge in [0.15, 0.2) is 0 Å². The average Bonchev–Trinajstić information content (AvgIpc) is 2.26. The molecule has 4 heteroatoms. The summed E-state index contributed by atoms with van der Waals surface area (Å²) in [5.74, 6) is -0.407. The Hall–Kier alpha value is -1.29. The highest BCUT2D eigenvalue weighted by atomic mass is 32.2. The lowest BCUT2D eigenvalue weighted by Gasteiger charge is -2.01. The summed E-state index contributed by atoms with van der Waals surface area (Å²) < 4.78 is 0. The van der Waals surface area contributed by atoms with Crippen LogP contribution in [0.5, 0.6) is 0 Å². The molecule has 0 saturated heterocycles. The van der Waals surface area contributed by atoms with Crippen molar-refractivity contribution in [3.8, 4) is 0 Å². The Balaban J connectivity index is 2.77. The Morgan fingerprint density at radius 2 is 1.87 bits per heavy atom. The van der Waals surface area contributed by atoms with Gasteiger partial charge < -0.3 is 4.84 Å². The van der Waals surface area contributed by atoms with Crippen LogP contribution >= 0.6 is 11.8 Å². The molecule has 3 nitrogen and oxygen atoms in total. The van der Waals surface area contributed by atoms with Crippen LogP contribution in [-0.4, -0.2) is 17.9 Å². The number of hydrogen-bond acceptors (Lipinski definition) is 4. The van der Waals surface area contributed by atoms with Crippen molar-refractivity contribution in [2.75, 3.05) is 6.26 Å². The van der Waals surface area contributed by atoms with Crippen molar-refractivity contribution >= 4 is 23.4 Å². The van der Waals surface area contributed by atoms with E-state index in [1.807, 2.05) is 30.5 Å². The predicted molar refractivity (Wildman–Crippen MR) is 62.2 cm³/mol. The van der Waals surface area contributed by atoms with Gasteiger partial charge in [0.1, 0.15) is 0 Å². The molecule has 1 rings (SSSR count). The molecule has 0 atom stereocenters. The van der Waals surface area contributed by atoms with E-state index >= 15 is 0 Å². The van der Waals surface area contributed by atoms with E-state index in [1.165, 1.54) is 11.8 Å². The third-order valence-electron chi connectivity index (χ3n) is 1.82. The number of carbonyl (C=O) groups excluding carboxylic acids is 1. The van der Waals surface area contributed by atoms with Crippen LogP contribution in [0.1, 0.15) is 19.4 Å². The molecule has 0 spiro atoms. The molecule has 0 unspecified atom stereocenters. The standard InChI is InChI=1S/C11H13NO2S/c1-8(12-14-9(2)13)10-4-6-11(15-3)7-5-10/h4-7H,1-3H3/b12-8+. The van der Waals surface area contributed by atoms with Crippen molar-refractivity contribution in [2.24, 2.45) is 5.16 Å². The zero-order chi connectivity index (χ0) is 11.3. The summed E-state index contributed by atoms with van der Waals surface area (Å²) in [5, 5.41) is 3.71. The topological polar surface area (TPSA) is 38.7 Å². The molecule has 0 heterocycles. The molecule has 0 aromatic heterocycles. The molecule has 1 aromatic rings. The number of rotatable bonds is 3. The van der Waals surface area contributed by atoms with Crippen LogP contribution in [0.3, 0.4) is 0 Å². The molecule has 0 radical (unpaired) electrons. The second-order valence-corrected chi connectivity index (χ2v) is 3.87. The minimum atomic E-state index is -0.407. The maximum absolute atomic E-state index is 10.5. The third-order valence-corrected chi connectivity index (χ3v) is 2.56. The van der Waals surface area contributed by atoms with E-state index in [1.54, 1.807) is 18.7 Å². The number of carbonyl (C=O) groups is 1. The van der Waals surface area contributed by atoms with E-state index < -0.39 is 5.97 Å². The Morgan fingerprint density at radius 3 is 2.33 bits per heavy atom. The van der Waals surface area contributed by atoms with Gasteiger partial charge in [-0.05, 0) is 30.9 Å². The molecule has 0 aliphatic carbocycles. The lowest BCUT2D eigenvalue weighted by molar-refractivity contribution is -0.140. The minimum absolute atomic E-state index is 0.407. The summed E-state index contributed by atoms with van der Waals surface area (Å²) in [4.78, 5) is 16.3. The maximum atomic E-state index is 10.5. The van der Waals surface area contributed by atoms with Gasteiger partial charge in [0.2, 0.25) is 0 Å². The lowest BCUT2D eigenvalue weighted by atomic mass is 10.1. The quantitative estimate of drug-likeness (QED) is 0.342. The molecule has 0 saturated carbocycles. The minimum Gasteiger partial charge on any atom is -0.318 e. The van der Waals surface area contributed by atoms with Crippen LogP contribution < -0.4 is 0 Å². The van der Waals surface area contributed by atoms with Gasteiger partial charge in [-0.2, -0.15) is 0 Å². The number of oxime groups is 1. The first-order valence-electron chi connectivity index (χ1n) is 4.50. The first-order chi connectivity index (χ1) is 7.13. The van der Waals surface area contributed by atoms with Crippen molar-refractivity contribution < 1.29 is 9.63 Å². The van der Waals surface area contributed by atoms with Crippen molar-refractivity contribution in [1.29, 1.82) is 0 Å². The fourth-order valence-electron chi connectivity index (χ4n) is 1.02. The summed E-state index contributed by atoms with van der Waals surface area (Å²) in [6.45, 7) is 3.13. The van der Waals surface area contributed by atoms with Crippen LogP contribution in [0.2, 0.25) is 0 Å². The summed E-state index contributed by atoms with van der Waals surface area (Å²) >= 11 is 1.68. The van der Waals surface area contributed by atoms with Gasteiger partial charge in [-0.25, -0.2) is 4.79 Å². The van der Waals surface area contributed by atoms with Crippen molar-refractivity contribution in [1.82, 2.24) is 0 Å². The second kappa shape index (κ2) is 5.56. The fraction of sp³-hybridized carbons (Fsp3) is 0.273. The third kappa shape index (κ3) is 3.75. The van der Waals surface area contributed by atoms with Crippen molar-refractivity contribution in [2.45, 2.75) is 18.7 Å². The summed E-state index contributed by atoms with van der Waals surface area (Å²) in [5.41, 5.74) is 1.65. The molecule has 15 heavy (non-hydrogen) atoms. The highest BCUT2D eigenvalue weighted by Gasteiger charge is 1.99. The molecule has 80 valence electrons. The van der Waals surface area contributed by atoms with Gasteiger partial charge in [-0.3, -0.25) is 0 Å². The van der Waals surface area contributed by atoms with Gasteiger partial charge in [-0.1, -0.05) is 17.3 Å². The second-order valence-electron chi connectivity index (χ2n) is 2.99. The fourth-order valence-corrected chi connectivity index (χ4v) is 1.43. The highest BCUT2D eigenvalue weighted by Crippen LogP contribution is 2.15. The molecule has 0 aliphatic heterocycles. The van der Waals surface area contributed by atoms with E-state index in [0.29, 0.717) is 5.71 Å².